The van der Waals surface area contributed by atoms with Gasteiger partial charge in [-0.3, -0.25) is 4.90 Å². The number of carbonyl (C=O) groups is 1. The molecule has 2 aliphatic rings. The Morgan fingerprint density at radius 1 is 1.29 bits per heavy atom. The molecule has 3 heterocycles. The summed E-state index contributed by atoms with van der Waals surface area (Å²) in [6.45, 7) is 12.2. The van der Waals surface area contributed by atoms with E-state index in [4.69, 9.17) is 16.6 Å². The Balaban J connectivity index is 1.88. The quantitative estimate of drug-likeness (QED) is 0.524. The van der Waals surface area contributed by atoms with Crippen LogP contribution in [0.2, 0.25) is 5.02 Å². The molecule has 2 aliphatic heterocycles. The lowest BCUT2D eigenvalue weighted by Crippen LogP contribution is -2.70. The van der Waals surface area contributed by atoms with Crippen LogP contribution in [0.25, 0.3) is 10.9 Å². The molecule has 8 nitrogen and oxygen atoms in total. The van der Waals surface area contributed by atoms with Crippen LogP contribution in [0.4, 0.5) is 21.0 Å². The Kier molecular flexibility index (Phi) is 6.64. The highest BCUT2D eigenvalue weighted by molar-refractivity contribution is 9.10. The smallest absolute Gasteiger partial charge is 0.407 e. The standard InChI is InChI=1S/C24H33BrClFN6O2/c1-13-9-33(22(34)35)24(5,23(2,3)4)12-32(13)20-15-8-16(26)17(25)18(27)19(15)28-21(29-20)31-10-14(11-31)30(6)7/h8,13-14H,9-12H2,1-7H3,(H,34,35)/t13-,24-/m0/s1. The zero-order chi connectivity index (χ0) is 26.0. The van der Waals surface area contributed by atoms with E-state index >= 15 is 4.39 Å². The van der Waals surface area contributed by atoms with Gasteiger partial charge >= 0.3 is 6.09 Å². The second kappa shape index (κ2) is 8.88. The Bertz CT molecular complexity index is 1170. The molecule has 1 N–H and O–H groups in total. The van der Waals surface area contributed by atoms with Crippen LogP contribution in [0.3, 0.4) is 0 Å². The number of likely N-dealkylation sites (N-methyl/N-ethyl adjacent to an activating group) is 1. The lowest BCUT2D eigenvalue weighted by molar-refractivity contribution is -0.00146. The van der Waals surface area contributed by atoms with Crippen molar-refractivity contribution >= 4 is 56.3 Å². The van der Waals surface area contributed by atoms with Gasteiger partial charge in [-0.15, -0.1) is 0 Å². The number of piperazine rings is 1. The highest BCUT2D eigenvalue weighted by Gasteiger charge is 2.51. The van der Waals surface area contributed by atoms with E-state index in [1.807, 2.05) is 53.6 Å². The predicted octanol–water partition coefficient (Wildman–Crippen LogP) is 4.93. The molecule has 1 amide bonds. The molecular formula is C24H33BrClFN6O2. The number of rotatable bonds is 3. The molecule has 0 unspecified atom stereocenters. The summed E-state index contributed by atoms with van der Waals surface area (Å²) < 4.78 is 15.6. The molecule has 0 saturated carbocycles. The fourth-order valence-corrected chi connectivity index (χ4v) is 5.30. The molecule has 2 atom stereocenters. The van der Waals surface area contributed by atoms with Gasteiger partial charge in [0, 0.05) is 43.6 Å². The van der Waals surface area contributed by atoms with Crippen LogP contribution >= 0.6 is 27.5 Å². The third kappa shape index (κ3) is 4.31. The van der Waals surface area contributed by atoms with E-state index in [0.717, 1.165) is 13.1 Å². The first-order valence-electron chi connectivity index (χ1n) is 11.7. The summed E-state index contributed by atoms with van der Waals surface area (Å²) in [7, 11) is 4.06. The van der Waals surface area contributed by atoms with E-state index < -0.39 is 17.4 Å². The van der Waals surface area contributed by atoms with Crippen molar-refractivity contribution in [2.24, 2.45) is 5.41 Å². The molecule has 11 heteroatoms. The number of anilines is 2. The third-order valence-electron chi connectivity index (χ3n) is 7.84. The molecule has 0 bridgehead atoms. The first kappa shape index (κ1) is 26.2. The molecule has 0 spiro atoms. The summed E-state index contributed by atoms with van der Waals surface area (Å²) in [5.74, 6) is 0.501. The number of halogens is 3. The Hall–Kier alpha value is -1.91. The first-order valence-corrected chi connectivity index (χ1v) is 12.9. The van der Waals surface area contributed by atoms with Crippen LogP contribution in [-0.4, -0.2) is 88.9 Å². The molecule has 192 valence electrons. The van der Waals surface area contributed by atoms with Gasteiger partial charge in [0.2, 0.25) is 5.95 Å². The van der Waals surface area contributed by atoms with Crippen LogP contribution in [-0.2, 0) is 0 Å². The highest BCUT2D eigenvalue weighted by atomic mass is 79.9. The van der Waals surface area contributed by atoms with E-state index in [-0.39, 0.29) is 26.5 Å². The molecule has 2 aromatic rings. The summed E-state index contributed by atoms with van der Waals surface area (Å²) in [6.07, 6.45) is -0.949. The lowest BCUT2D eigenvalue weighted by atomic mass is 9.71. The van der Waals surface area contributed by atoms with E-state index in [9.17, 15) is 9.90 Å². The van der Waals surface area contributed by atoms with Crippen molar-refractivity contribution in [1.82, 2.24) is 19.8 Å². The number of benzene rings is 1. The lowest BCUT2D eigenvalue weighted by Gasteiger charge is -2.56. The maximum Gasteiger partial charge on any atom is 0.407 e. The fraction of sp³-hybridized carbons (Fsp3) is 0.625. The number of hydrogen-bond donors (Lipinski definition) is 1. The second-order valence-corrected chi connectivity index (χ2v) is 12.3. The SMILES string of the molecule is C[C@H]1CN(C(=O)O)[C@](C)(C(C)(C)C)CN1c1nc(N2CC(N(C)C)C2)nc2c(F)c(Br)c(Cl)cc12. The van der Waals surface area contributed by atoms with Crippen molar-refractivity contribution in [3.05, 3.63) is 21.4 Å². The minimum absolute atomic E-state index is 0.167. The molecule has 0 aliphatic carbocycles. The predicted molar refractivity (Wildman–Crippen MR) is 141 cm³/mol. The van der Waals surface area contributed by atoms with Crippen LogP contribution in [0.15, 0.2) is 10.5 Å². The third-order valence-corrected chi connectivity index (χ3v) is 9.14. The largest absolute Gasteiger partial charge is 0.465 e. The number of hydrogen-bond acceptors (Lipinski definition) is 6. The second-order valence-electron chi connectivity index (χ2n) is 11.1. The van der Waals surface area contributed by atoms with E-state index in [0.29, 0.717) is 36.3 Å². The topological polar surface area (TPSA) is 76.0 Å². The van der Waals surface area contributed by atoms with Gasteiger partial charge < -0.3 is 19.8 Å². The molecule has 2 saturated heterocycles. The zero-order valence-electron chi connectivity index (χ0n) is 21.2. The van der Waals surface area contributed by atoms with Crippen LogP contribution in [0.1, 0.15) is 34.6 Å². The highest BCUT2D eigenvalue weighted by Crippen LogP contribution is 2.43. The zero-order valence-corrected chi connectivity index (χ0v) is 23.6. The molecular weight excluding hydrogens is 539 g/mol. The normalized spacial score (nSPS) is 23.9. The van der Waals surface area contributed by atoms with Gasteiger partial charge in [0.1, 0.15) is 11.3 Å². The van der Waals surface area contributed by atoms with Gasteiger partial charge in [-0.1, -0.05) is 32.4 Å². The maximum absolute atomic E-state index is 15.4. The van der Waals surface area contributed by atoms with Crippen LogP contribution in [0, 0.1) is 11.2 Å². The molecule has 1 aromatic heterocycles. The summed E-state index contributed by atoms with van der Waals surface area (Å²) in [4.78, 5) is 29.6. The summed E-state index contributed by atoms with van der Waals surface area (Å²) >= 11 is 9.61. The monoisotopic (exact) mass is 570 g/mol. The van der Waals surface area contributed by atoms with Crippen molar-refractivity contribution in [2.45, 2.75) is 52.2 Å². The fourth-order valence-electron chi connectivity index (χ4n) is 4.80. The summed E-state index contributed by atoms with van der Waals surface area (Å²) in [6, 6.07) is 1.87. The van der Waals surface area contributed by atoms with E-state index in [1.54, 1.807) is 6.07 Å². The molecule has 1 aromatic carbocycles. The molecule has 0 radical (unpaired) electrons. The number of fused-ring (bicyclic) bond motifs is 1. The average Bonchev–Trinajstić information content (AvgIpc) is 2.71. The Morgan fingerprint density at radius 3 is 2.46 bits per heavy atom. The van der Waals surface area contributed by atoms with Gasteiger partial charge in [-0.05, 0) is 55.4 Å². The van der Waals surface area contributed by atoms with Crippen molar-refractivity contribution in [2.75, 3.05) is 50.1 Å². The van der Waals surface area contributed by atoms with Gasteiger partial charge in [0.15, 0.2) is 5.82 Å². The van der Waals surface area contributed by atoms with Gasteiger partial charge in [-0.2, -0.15) is 4.98 Å². The summed E-state index contributed by atoms with van der Waals surface area (Å²) in [5, 5.41) is 10.8. The van der Waals surface area contributed by atoms with Crippen LogP contribution < -0.4 is 9.80 Å². The van der Waals surface area contributed by atoms with Crippen molar-refractivity contribution in [1.29, 1.82) is 0 Å². The molecule has 4 rings (SSSR count). The molecule has 35 heavy (non-hydrogen) atoms. The number of nitrogens with zero attached hydrogens (tertiary/aromatic N) is 6. The Morgan fingerprint density at radius 2 is 1.91 bits per heavy atom. The van der Waals surface area contributed by atoms with Gasteiger partial charge in [0.05, 0.1) is 15.0 Å². The van der Waals surface area contributed by atoms with Gasteiger partial charge in [0.25, 0.3) is 0 Å². The van der Waals surface area contributed by atoms with Crippen LogP contribution in [0.5, 0.6) is 0 Å². The van der Waals surface area contributed by atoms with Gasteiger partial charge in [-0.25, -0.2) is 14.2 Å². The number of carboxylic acid groups (broad SMARTS) is 1. The van der Waals surface area contributed by atoms with Crippen molar-refractivity contribution in [3.63, 3.8) is 0 Å². The van der Waals surface area contributed by atoms with Crippen molar-refractivity contribution in [3.8, 4) is 0 Å². The first-order chi connectivity index (χ1) is 16.2. The van der Waals surface area contributed by atoms with E-state index in [1.165, 1.54) is 4.90 Å². The number of amides is 1. The minimum atomic E-state index is -0.949. The maximum atomic E-state index is 15.4. The van der Waals surface area contributed by atoms with Crippen molar-refractivity contribution < 1.29 is 14.3 Å². The minimum Gasteiger partial charge on any atom is -0.465 e. The van der Waals surface area contributed by atoms with E-state index in [2.05, 4.69) is 30.7 Å². The average molecular weight is 572 g/mol. The molecule has 2 fully saturated rings. The summed E-state index contributed by atoms with van der Waals surface area (Å²) in [5.41, 5.74) is -0.884. The Labute approximate surface area is 219 Å². The number of aromatic nitrogens is 2.